The van der Waals surface area contributed by atoms with Gasteiger partial charge in [0.1, 0.15) is 17.1 Å². The quantitative estimate of drug-likeness (QED) is 0.732. The summed E-state index contributed by atoms with van der Waals surface area (Å²) in [5.74, 6) is -0.860. The maximum atomic E-state index is 16.9. The van der Waals surface area contributed by atoms with E-state index in [-0.39, 0.29) is 41.7 Å². The van der Waals surface area contributed by atoms with Gasteiger partial charge in [-0.1, -0.05) is 20.8 Å². The number of hydrogen-bond acceptors (Lipinski definition) is 4. The molecule has 0 aromatic rings. The number of Topliss-reactive ketones (excluding diaryl/α,β-unsaturated/α-hetero) is 2. The molecule has 9 atom stereocenters. The van der Waals surface area contributed by atoms with Gasteiger partial charge in [0.2, 0.25) is 0 Å². The minimum absolute atomic E-state index is 0.0236. The summed E-state index contributed by atoms with van der Waals surface area (Å²) < 4.78 is 16.9. The summed E-state index contributed by atoms with van der Waals surface area (Å²) in [6.45, 7) is 7.10. The lowest BCUT2D eigenvalue weighted by molar-refractivity contribution is -0.254. The van der Waals surface area contributed by atoms with Crippen molar-refractivity contribution in [1.82, 2.24) is 0 Å². The molecule has 4 fully saturated rings. The highest BCUT2D eigenvalue weighted by molar-refractivity contribution is 5.86. The summed E-state index contributed by atoms with van der Waals surface area (Å²) in [6, 6.07) is 0. The molecular weight excluding hydrogens is 347 g/mol. The zero-order valence-corrected chi connectivity index (χ0v) is 16.9. The van der Waals surface area contributed by atoms with Crippen LogP contribution in [0.5, 0.6) is 0 Å². The van der Waals surface area contributed by atoms with Crippen LogP contribution in [0.3, 0.4) is 0 Å². The summed E-state index contributed by atoms with van der Waals surface area (Å²) in [4.78, 5) is 24.4. The summed E-state index contributed by atoms with van der Waals surface area (Å²) >= 11 is 0. The van der Waals surface area contributed by atoms with Crippen LogP contribution < -0.4 is 0 Å². The van der Waals surface area contributed by atoms with Gasteiger partial charge in [-0.2, -0.15) is 0 Å². The van der Waals surface area contributed by atoms with E-state index in [9.17, 15) is 19.8 Å². The minimum Gasteiger partial charge on any atom is -0.390 e. The molecule has 0 aliphatic heterocycles. The Labute approximate surface area is 160 Å². The second kappa shape index (κ2) is 5.63. The van der Waals surface area contributed by atoms with Crippen molar-refractivity contribution in [3.63, 3.8) is 0 Å². The molecule has 0 unspecified atom stereocenters. The number of fused-ring (bicyclic) bond motifs is 5. The molecule has 4 rings (SSSR count). The Morgan fingerprint density at radius 1 is 1.19 bits per heavy atom. The smallest absolute Gasteiger partial charge is 0.162 e. The average Bonchev–Trinajstić information content (AvgIpc) is 2.79. The molecule has 4 nitrogen and oxygen atoms in total. The molecule has 0 aromatic heterocycles. The van der Waals surface area contributed by atoms with E-state index in [1.807, 2.05) is 20.8 Å². The molecule has 5 heteroatoms. The third-order valence-electron chi connectivity index (χ3n) is 9.67. The fourth-order valence-corrected chi connectivity index (χ4v) is 8.14. The van der Waals surface area contributed by atoms with E-state index in [4.69, 9.17) is 0 Å². The summed E-state index contributed by atoms with van der Waals surface area (Å²) in [7, 11) is 0. The number of carbonyl (C=O) groups is 2. The topological polar surface area (TPSA) is 74.6 Å². The summed E-state index contributed by atoms with van der Waals surface area (Å²) in [5.41, 5.74) is -4.81. The second-order valence-electron chi connectivity index (χ2n) is 10.5. The van der Waals surface area contributed by atoms with Crippen LogP contribution in [-0.2, 0) is 9.59 Å². The predicted octanol–water partition coefficient (Wildman–Crippen LogP) is 3.23. The first-order valence-corrected chi connectivity index (χ1v) is 10.5. The first kappa shape index (κ1) is 19.5. The lowest BCUT2D eigenvalue weighted by Crippen LogP contribution is -2.71. The molecular formula is C22H33FO4. The highest BCUT2D eigenvalue weighted by atomic mass is 19.1. The van der Waals surface area contributed by atoms with E-state index >= 15 is 4.39 Å². The number of hydrogen-bond donors (Lipinski definition) is 2. The SMILES string of the molecule is CC(=O)[C@@]1(O)[C@@H](C)C[C@H]2[C@@H]3CC[C@H]4CC(=O)CC[C@]4(C)[C@@]3(F)[C@@H](O)C[C@@]21C. The van der Waals surface area contributed by atoms with Gasteiger partial charge in [0.25, 0.3) is 0 Å². The third-order valence-corrected chi connectivity index (χ3v) is 9.67. The molecule has 4 saturated carbocycles. The molecule has 0 amide bonds. The normalized spacial score (nSPS) is 57.6. The van der Waals surface area contributed by atoms with E-state index < -0.39 is 28.2 Å². The Morgan fingerprint density at radius 2 is 1.85 bits per heavy atom. The molecule has 0 spiro atoms. The number of carbonyl (C=O) groups excluding carboxylic acids is 2. The Kier molecular flexibility index (Phi) is 4.06. The molecule has 0 bridgehead atoms. The summed E-state index contributed by atoms with van der Waals surface area (Å²) in [6.07, 6.45) is 2.16. The Morgan fingerprint density at radius 3 is 2.48 bits per heavy atom. The largest absolute Gasteiger partial charge is 0.390 e. The van der Waals surface area contributed by atoms with Crippen molar-refractivity contribution in [3.05, 3.63) is 0 Å². The minimum atomic E-state index is -1.76. The van der Waals surface area contributed by atoms with Gasteiger partial charge in [0.05, 0.1) is 6.10 Å². The maximum Gasteiger partial charge on any atom is 0.162 e. The number of aliphatic hydroxyl groups excluding tert-OH is 1. The van der Waals surface area contributed by atoms with E-state index in [0.717, 1.165) is 6.42 Å². The van der Waals surface area contributed by atoms with Gasteiger partial charge < -0.3 is 10.2 Å². The first-order chi connectivity index (χ1) is 12.4. The highest BCUT2D eigenvalue weighted by Crippen LogP contribution is 2.71. The van der Waals surface area contributed by atoms with E-state index in [1.165, 1.54) is 6.92 Å². The fraction of sp³-hybridized carbons (Fsp3) is 0.909. The molecule has 0 heterocycles. The van der Waals surface area contributed by atoms with Crippen LogP contribution in [0.1, 0.15) is 72.6 Å². The van der Waals surface area contributed by atoms with Crippen LogP contribution in [-0.4, -0.2) is 39.2 Å². The highest BCUT2D eigenvalue weighted by Gasteiger charge is 2.75. The van der Waals surface area contributed by atoms with Crippen molar-refractivity contribution < 1.29 is 24.2 Å². The average molecular weight is 381 g/mol. The zero-order valence-electron chi connectivity index (χ0n) is 16.9. The number of ketones is 2. The summed E-state index contributed by atoms with van der Waals surface area (Å²) in [5, 5.41) is 22.6. The zero-order chi connectivity index (χ0) is 20.0. The standard InChI is InChI=1S/C22H33FO4/c1-12-9-17-16-6-5-14-10-15(25)7-8-19(14,3)21(16,23)18(26)11-20(17,4)22(12,27)13(2)24/h12,14,16-18,26-27H,5-11H2,1-4H3/t12-,14-,16-,17-,18-,19-,20-,21-,22-/m0/s1. The third kappa shape index (κ3) is 2.06. The first-order valence-electron chi connectivity index (χ1n) is 10.5. The van der Waals surface area contributed by atoms with Crippen molar-refractivity contribution in [2.24, 2.45) is 34.5 Å². The molecule has 4 aliphatic rings. The van der Waals surface area contributed by atoms with Crippen LogP contribution in [0.25, 0.3) is 0 Å². The number of aliphatic hydroxyl groups is 2. The Bertz CT molecular complexity index is 694. The molecule has 0 aromatic carbocycles. The van der Waals surface area contributed by atoms with E-state index in [1.54, 1.807) is 0 Å². The molecule has 2 N–H and O–H groups in total. The second-order valence-corrected chi connectivity index (χ2v) is 10.5. The van der Waals surface area contributed by atoms with Crippen molar-refractivity contribution >= 4 is 11.6 Å². The molecule has 4 aliphatic carbocycles. The van der Waals surface area contributed by atoms with E-state index in [2.05, 4.69) is 0 Å². The molecule has 0 saturated heterocycles. The van der Waals surface area contributed by atoms with Crippen LogP contribution >= 0.6 is 0 Å². The lowest BCUT2D eigenvalue weighted by Gasteiger charge is -2.65. The van der Waals surface area contributed by atoms with Gasteiger partial charge in [-0.25, -0.2) is 4.39 Å². The van der Waals surface area contributed by atoms with Crippen molar-refractivity contribution in [1.29, 1.82) is 0 Å². The van der Waals surface area contributed by atoms with Crippen LogP contribution in [0.2, 0.25) is 0 Å². The number of halogens is 1. The van der Waals surface area contributed by atoms with E-state index in [0.29, 0.717) is 32.1 Å². The van der Waals surface area contributed by atoms with Crippen molar-refractivity contribution in [3.8, 4) is 0 Å². The van der Waals surface area contributed by atoms with Crippen LogP contribution in [0.4, 0.5) is 4.39 Å². The molecule has 152 valence electrons. The monoisotopic (exact) mass is 380 g/mol. The van der Waals surface area contributed by atoms with Gasteiger partial charge in [-0.3, -0.25) is 9.59 Å². The van der Waals surface area contributed by atoms with Gasteiger partial charge in [0, 0.05) is 23.7 Å². The van der Waals surface area contributed by atoms with Crippen molar-refractivity contribution in [2.45, 2.75) is 90.0 Å². The maximum absolute atomic E-state index is 16.9. The van der Waals surface area contributed by atoms with Crippen molar-refractivity contribution in [2.75, 3.05) is 0 Å². The van der Waals surface area contributed by atoms with Gasteiger partial charge in [0.15, 0.2) is 5.78 Å². The number of alkyl halides is 1. The number of rotatable bonds is 1. The molecule has 27 heavy (non-hydrogen) atoms. The van der Waals surface area contributed by atoms with Gasteiger partial charge in [-0.05, 0) is 62.7 Å². The predicted molar refractivity (Wildman–Crippen MR) is 98.7 cm³/mol. The fourth-order valence-electron chi connectivity index (χ4n) is 8.14. The molecule has 0 radical (unpaired) electrons. The Balaban J connectivity index is 1.80. The van der Waals surface area contributed by atoms with Gasteiger partial charge >= 0.3 is 0 Å². The van der Waals surface area contributed by atoms with Crippen LogP contribution in [0, 0.1) is 34.5 Å². The Hall–Kier alpha value is -0.810. The lowest BCUT2D eigenvalue weighted by atomic mass is 9.42. The van der Waals surface area contributed by atoms with Crippen LogP contribution in [0.15, 0.2) is 0 Å². The van der Waals surface area contributed by atoms with Gasteiger partial charge in [-0.15, -0.1) is 0 Å².